The first-order valence-corrected chi connectivity index (χ1v) is 6.63. The van der Waals surface area contributed by atoms with Gasteiger partial charge in [0, 0.05) is 38.2 Å². The van der Waals surface area contributed by atoms with Crippen LogP contribution in [0.25, 0.3) is 0 Å². The van der Waals surface area contributed by atoms with Gasteiger partial charge in [0.25, 0.3) is 0 Å². The van der Waals surface area contributed by atoms with E-state index in [0.717, 1.165) is 25.3 Å². The van der Waals surface area contributed by atoms with Crippen LogP contribution in [0.3, 0.4) is 0 Å². The van der Waals surface area contributed by atoms with Crippen LogP contribution in [0, 0.1) is 0 Å². The van der Waals surface area contributed by atoms with Gasteiger partial charge in [0.2, 0.25) is 0 Å². The monoisotopic (exact) mass is 234 g/mol. The minimum absolute atomic E-state index is 0.821. The molecule has 1 aromatic heterocycles. The number of hydrogen-bond acceptors (Lipinski definition) is 4. The fourth-order valence-electron chi connectivity index (χ4n) is 2.23. The first kappa shape index (κ1) is 12.5. The van der Waals surface area contributed by atoms with Crippen molar-refractivity contribution in [2.75, 3.05) is 26.2 Å². The van der Waals surface area contributed by atoms with Crippen molar-refractivity contribution < 1.29 is 0 Å². The van der Waals surface area contributed by atoms with Gasteiger partial charge in [-0.1, -0.05) is 12.8 Å². The van der Waals surface area contributed by atoms with E-state index in [2.05, 4.69) is 20.2 Å². The Kier molecular flexibility index (Phi) is 5.39. The zero-order valence-corrected chi connectivity index (χ0v) is 10.4. The maximum atomic E-state index is 4.24. The second kappa shape index (κ2) is 7.35. The van der Waals surface area contributed by atoms with Gasteiger partial charge in [-0.3, -0.25) is 9.97 Å². The van der Waals surface area contributed by atoms with Gasteiger partial charge >= 0.3 is 0 Å². The highest BCUT2D eigenvalue weighted by Crippen LogP contribution is 2.08. The van der Waals surface area contributed by atoms with E-state index < -0.39 is 0 Å². The van der Waals surface area contributed by atoms with Crippen molar-refractivity contribution in [1.82, 2.24) is 20.2 Å². The van der Waals surface area contributed by atoms with Gasteiger partial charge in [-0.25, -0.2) is 0 Å². The van der Waals surface area contributed by atoms with E-state index in [9.17, 15) is 0 Å². The van der Waals surface area contributed by atoms with Gasteiger partial charge < -0.3 is 10.2 Å². The first-order valence-electron chi connectivity index (χ1n) is 6.63. The summed E-state index contributed by atoms with van der Waals surface area (Å²) in [6, 6.07) is 0. The van der Waals surface area contributed by atoms with E-state index >= 15 is 0 Å². The molecule has 1 aliphatic heterocycles. The molecule has 0 bridgehead atoms. The Hall–Kier alpha value is -1.00. The average molecular weight is 234 g/mol. The largest absolute Gasteiger partial charge is 0.310 e. The molecule has 17 heavy (non-hydrogen) atoms. The summed E-state index contributed by atoms with van der Waals surface area (Å²) in [6.07, 6.45) is 10.8. The Balaban J connectivity index is 1.59. The lowest BCUT2D eigenvalue weighted by molar-refractivity contribution is 0.284. The first-order chi connectivity index (χ1) is 8.45. The third-order valence-corrected chi connectivity index (χ3v) is 3.23. The van der Waals surface area contributed by atoms with Crippen molar-refractivity contribution in [2.24, 2.45) is 0 Å². The van der Waals surface area contributed by atoms with Gasteiger partial charge in [0.05, 0.1) is 5.69 Å². The molecule has 1 saturated heterocycles. The molecular weight excluding hydrogens is 212 g/mol. The molecule has 2 rings (SSSR count). The van der Waals surface area contributed by atoms with Crippen molar-refractivity contribution in [3.8, 4) is 0 Å². The maximum Gasteiger partial charge on any atom is 0.0724 e. The molecule has 0 atom stereocenters. The van der Waals surface area contributed by atoms with Gasteiger partial charge in [0.1, 0.15) is 0 Å². The molecule has 1 aliphatic rings. The second-order valence-electron chi connectivity index (χ2n) is 4.63. The van der Waals surface area contributed by atoms with Gasteiger partial charge in [0.15, 0.2) is 0 Å². The molecule has 0 saturated carbocycles. The SMILES string of the molecule is c1cnc(CNCCN2CCCCCC2)cn1. The van der Waals surface area contributed by atoms with Crippen molar-refractivity contribution in [3.05, 3.63) is 24.3 Å². The van der Waals surface area contributed by atoms with Crippen molar-refractivity contribution in [3.63, 3.8) is 0 Å². The molecule has 1 aromatic rings. The van der Waals surface area contributed by atoms with Crippen molar-refractivity contribution in [1.29, 1.82) is 0 Å². The molecule has 0 spiro atoms. The molecule has 4 nitrogen and oxygen atoms in total. The molecule has 2 heterocycles. The van der Waals surface area contributed by atoms with Crippen LogP contribution in [-0.2, 0) is 6.54 Å². The van der Waals surface area contributed by atoms with Crippen molar-refractivity contribution in [2.45, 2.75) is 32.2 Å². The van der Waals surface area contributed by atoms with E-state index in [0.29, 0.717) is 0 Å². The molecule has 0 amide bonds. The van der Waals surface area contributed by atoms with Crippen LogP contribution in [-0.4, -0.2) is 41.0 Å². The zero-order valence-electron chi connectivity index (χ0n) is 10.4. The average Bonchev–Trinajstić information content (AvgIpc) is 2.65. The van der Waals surface area contributed by atoms with E-state index in [-0.39, 0.29) is 0 Å². The quantitative estimate of drug-likeness (QED) is 0.783. The Morgan fingerprint density at radius 1 is 1.12 bits per heavy atom. The van der Waals surface area contributed by atoms with E-state index in [1.54, 1.807) is 12.4 Å². The lowest BCUT2D eigenvalue weighted by atomic mass is 10.2. The topological polar surface area (TPSA) is 41.1 Å². The summed E-state index contributed by atoms with van der Waals surface area (Å²) in [6.45, 7) is 5.55. The smallest absolute Gasteiger partial charge is 0.0724 e. The molecule has 1 fully saturated rings. The molecule has 94 valence electrons. The number of likely N-dealkylation sites (tertiary alicyclic amines) is 1. The molecule has 0 unspecified atom stereocenters. The number of nitrogens with one attached hydrogen (secondary N) is 1. The van der Waals surface area contributed by atoms with Gasteiger partial charge in [-0.15, -0.1) is 0 Å². The highest BCUT2D eigenvalue weighted by Gasteiger charge is 2.07. The number of nitrogens with zero attached hydrogens (tertiary/aromatic N) is 3. The summed E-state index contributed by atoms with van der Waals surface area (Å²) >= 11 is 0. The molecular formula is C13H22N4. The Labute approximate surface area is 103 Å². The lowest BCUT2D eigenvalue weighted by Gasteiger charge is -2.19. The van der Waals surface area contributed by atoms with Gasteiger partial charge in [-0.2, -0.15) is 0 Å². The summed E-state index contributed by atoms with van der Waals surface area (Å²) in [7, 11) is 0. The van der Waals surface area contributed by atoms with Crippen molar-refractivity contribution >= 4 is 0 Å². The highest BCUT2D eigenvalue weighted by molar-refractivity contribution is 4.93. The van der Waals surface area contributed by atoms with Crippen LogP contribution < -0.4 is 5.32 Å². The Morgan fingerprint density at radius 2 is 1.94 bits per heavy atom. The van der Waals surface area contributed by atoms with Gasteiger partial charge in [-0.05, 0) is 25.9 Å². The number of aromatic nitrogens is 2. The van der Waals surface area contributed by atoms with Crippen LogP contribution in [0.4, 0.5) is 0 Å². The Morgan fingerprint density at radius 3 is 2.65 bits per heavy atom. The predicted molar refractivity (Wildman–Crippen MR) is 68.6 cm³/mol. The fraction of sp³-hybridized carbons (Fsp3) is 0.692. The summed E-state index contributed by atoms with van der Waals surface area (Å²) < 4.78 is 0. The third kappa shape index (κ3) is 4.79. The third-order valence-electron chi connectivity index (χ3n) is 3.23. The number of hydrogen-bond donors (Lipinski definition) is 1. The van der Waals surface area contributed by atoms with E-state index in [1.807, 2.05) is 6.20 Å². The number of rotatable bonds is 5. The minimum atomic E-state index is 0.821. The fourth-order valence-corrected chi connectivity index (χ4v) is 2.23. The summed E-state index contributed by atoms with van der Waals surface area (Å²) in [4.78, 5) is 10.9. The van der Waals surface area contributed by atoms with E-state index in [4.69, 9.17) is 0 Å². The second-order valence-corrected chi connectivity index (χ2v) is 4.63. The lowest BCUT2D eigenvalue weighted by Crippen LogP contribution is -2.32. The molecule has 0 radical (unpaired) electrons. The van der Waals surface area contributed by atoms with Crippen LogP contribution in [0.2, 0.25) is 0 Å². The minimum Gasteiger partial charge on any atom is -0.310 e. The molecule has 0 aromatic carbocycles. The van der Waals surface area contributed by atoms with Crippen LogP contribution >= 0.6 is 0 Å². The standard InChI is InChI=1S/C13H22N4/c1-2-4-9-17(8-3-1)10-7-15-12-13-11-14-5-6-16-13/h5-6,11,15H,1-4,7-10,12H2. The highest BCUT2D eigenvalue weighted by atomic mass is 15.1. The molecule has 0 aliphatic carbocycles. The van der Waals surface area contributed by atoms with Crippen LogP contribution in [0.5, 0.6) is 0 Å². The summed E-state index contributed by atoms with van der Waals surface area (Å²) in [5, 5.41) is 3.43. The summed E-state index contributed by atoms with van der Waals surface area (Å²) in [5.41, 5.74) is 1.02. The van der Waals surface area contributed by atoms with Crippen LogP contribution in [0.15, 0.2) is 18.6 Å². The molecule has 1 N–H and O–H groups in total. The zero-order chi connectivity index (χ0) is 11.8. The van der Waals surface area contributed by atoms with Crippen LogP contribution in [0.1, 0.15) is 31.4 Å². The van der Waals surface area contributed by atoms with E-state index in [1.165, 1.54) is 38.8 Å². The normalized spacial score (nSPS) is 17.9. The predicted octanol–water partition coefficient (Wildman–Crippen LogP) is 1.44. The Bertz CT molecular complexity index is 294. The summed E-state index contributed by atoms with van der Waals surface area (Å²) in [5.74, 6) is 0. The maximum absolute atomic E-state index is 4.24. The molecule has 4 heteroatoms.